The second-order valence-electron chi connectivity index (χ2n) is 3.58. The maximum Gasteiger partial charge on any atom is 0.440 e. The fourth-order valence-corrected chi connectivity index (χ4v) is 2.24. The molecular formula is C10H14N2O4S. The Morgan fingerprint density at radius 1 is 1.24 bits per heavy atom. The fourth-order valence-electron chi connectivity index (χ4n) is 1.76. The van der Waals surface area contributed by atoms with Crippen molar-refractivity contribution in [3.05, 3.63) is 29.3 Å². The number of hydrogen-bond acceptors (Lipinski definition) is 6. The van der Waals surface area contributed by atoms with Gasteiger partial charge in [-0.3, -0.25) is 0 Å². The summed E-state index contributed by atoms with van der Waals surface area (Å²) < 4.78 is 31.2. The first-order valence-corrected chi connectivity index (χ1v) is 6.70. The van der Waals surface area contributed by atoms with Gasteiger partial charge in [0.2, 0.25) is 0 Å². The molecule has 1 heterocycles. The number of nitrogens with zero attached hydrogens (tertiary/aromatic N) is 1. The van der Waals surface area contributed by atoms with Crippen molar-refractivity contribution in [2.24, 2.45) is 0 Å². The largest absolute Gasteiger partial charge is 0.440 e. The minimum atomic E-state index is -3.98. The predicted molar refractivity (Wildman–Crippen MR) is 61.9 cm³/mol. The van der Waals surface area contributed by atoms with Gasteiger partial charge in [0.1, 0.15) is 0 Å². The molecule has 0 saturated carbocycles. The molecule has 7 heteroatoms. The molecule has 0 amide bonds. The fraction of sp³-hybridized carbons (Fsp3) is 0.400. The van der Waals surface area contributed by atoms with Gasteiger partial charge in [-0.1, -0.05) is 37.6 Å². The molecule has 0 bridgehead atoms. The third-order valence-corrected chi connectivity index (χ3v) is 3.17. The molecule has 0 aliphatic carbocycles. The number of hydrogen-bond donors (Lipinski definition) is 1. The molecule has 1 aliphatic rings. The SMILES string of the molecule is CCc1cccc(CC)c1N1NOS(=O)(=O)O1. The van der Waals surface area contributed by atoms with Gasteiger partial charge in [0, 0.05) is 0 Å². The van der Waals surface area contributed by atoms with Crippen LogP contribution in [0, 0.1) is 0 Å². The smallest absolute Gasteiger partial charge is 0.165 e. The van der Waals surface area contributed by atoms with Crippen molar-refractivity contribution in [1.29, 1.82) is 0 Å². The maximum atomic E-state index is 11.1. The van der Waals surface area contributed by atoms with Crippen LogP contribution in [0.15, 0.2) is 18.2 Å². The monoisotopic (exact) mass is 258 g/mol. The number of aryl methyl sites for hydroxylation is 2. The zero-order valence-electron chi connectivity index (χ0n) is 9.63. The highest BCUT2D eigenvalue weighted by Gasteiger charge is 2.31. The molecule has 0 unspecified atom stereocenters. The second kappa shape index (κ2) is 4.61. The summed E-state index contributed by atoms with van der Waals surface area (Å²) in [5, 5.41) is 1.05. The highest BCUT2D eigenvalue weighted by molar-refractivity contribution is 7.82. The van der Waals surface area contributed by atoms with Gasteiger partial charge < -0.3 is 0 Å². The van der Waals surface area contributed by atoms with Crippen LogP contribution in [0.2, 0.25) is 0 Å². The van der Waals surface area contributed by atoms with Crippen molar-refractivity contribution in [3.8, 4) is 0 Å². The molecule has 1 aromatic carbocycles. The Morgan fingerprint density at radius 2 is 1.82 bits per heavy atom. The van der Waals surface area contributed by atoms with Crippen molar-refractivity contribution < 1.29 is 17.0 Å². The summed E-state index contributed by atoms with van der Waals surface area (Å²) in [5.41, 5.74) is 4.90. The van der Waals surface area contributed by atoms with E-state index in [2.05, 4.69) is 9.87 Å². The van der Waals surface area contributed by atoms with Crippen LogP contribution in [0.4, 0.5) is 5.69 Å². The number of hydrazine groups is 1. The first-order chi connectivity index (χ1) is 8.07. The molecule has 1 saturated heterocycles. The highest BCUT2D eigenvalue weighted by Crippen LogP contribution is 2.28. The highest BCUT2D eigenvalue weighted by atomic mass is 32.3. The van der Waals surface area contributed by atoms with Crippen LogP contribution in [0.1, 0.15) is 25.0 Å². The van der Waals surface area contributed by atoms with Gasteiger partial charge in [0.25, 0.3) is 0 Å². The van der Waals surface area contributed by atoms with E-state index in [9.17, 15) is 8.42 Å². The second-order valence-corrected chi connectivity index (χ2v) is 4.72. The van der Waals surface area contributed by atoms with Gasteiger partial charge in [0.15, 0.2) is 0 Å². The van der Waals surface area contributed by atoms with Crippen molar-refractivity contribution in [2.45, 2.75) is 26.7 Å². The average molecular weight is 258 g/mol. The Labute approximate surface area is 100 Å². The third-order valence-electron chi connectivity index (χ3n) is 2.56. The van der Waals surface area contributed by atoms with E-state index in [0.717, 1.165) is 29.1 Å². The lowest BCUT2D eigenvalue weighted by molar-refractivity contribution is 0.197. The molecule has 0 spiro atoms. The molecule has 2 rings (SSSR count). The zero-order chi connectivity index (χ0) is 12.5. The summed E-state index contributed by atoms with van der Waals surface area (Å²) >= 11 is 0. The summed E-state index contributed by atoms with van der Waals surface area (Å²) in [6, 6.07) is 5.78. The molecule has 17 heavy (non-hydrogen) atoms. The van der Waals surface area contributed by atoms with Crippen LogP contribution in [-0.4, -0.2) is 8.42 Å². The zero-order valence-corrected chi connectivity index (χ0v) is 10.5. The number of para-hydroxylation sites is 1. The van der Waals surface area contributed by atoms with Crippen LogP contribution >= 0.6 is 0 Å². The van der Waals surface area contributed by atoms with Crippen LogP contribution in [-0.2, 0) is 31.8 Å². The standard InChI is InChI=1S/C10H14N2O4S/c1-3-8-6-5-7-9(4-2)10(8)12-11-15-17(13,14)16-12/h5-7,11H,3-4H2,1-2H3. The Hall–Kier alpha value is -1.15. The van der Waals surface area contributed by atoms with Crippen molar-refractivity contribution in [3.63, 3.8) is 0 Å². The Balaban J connectivity index is 2.43. The van der Waals surface area contributed by atoms with Gasteiger partial charge in [-0.25, -0.2) is 0 Å². The molecule has 6 nitrogen and oxygen atoms in total. The molecule has 1 aliphatic heterocycles. The van der Waals surface area contributed by atoms with Crippen LogP contribution < -0.4 is 10.8 Å². The van der Waals surface area contributed by atoms with Crippen LogP contribution in [0.25, 0.3) is 0 Å². The molecule has 1 fully saturated rings. The summed E-state index contributed by atoms with van der Waals surface area (Å²) in [5.74, 6) is 0. The van der Waals surface area contributed by atoms with E-state index >= 15 is 0 Å². The molecule has 1 aromatic rings. The van der Waals surface area contributed by atoms with Crippen molar-refractivity contribution in [2.75, 3.05) is 5.17 Å². The van der Waals surface area contributed by atoms with E-state index in [1.807, 2.05) is 32.0 Å². The van der Waals surface area contributed by atoms with E-state index < -0.39 is 10.4 Å². The van der Waals surface area contributed by atoms with Gasteiger partial charge in [-0.05, 0) is 24.0 Å². The average Bonchev–Trinajstić information content (AvgIpc) is 2.68. The molecule has 94 valence electrons. The van der Waals surface area contributed by atoms with Crippen molar-refractivity contribution in [1.82, 2.24) is 5.59 Å². The first-order valence-electron chi connectivity index (χ1n) is 5.37. The third kappa shape index (κ3) is 2.42. The molecule has 0 radical (unpaired) electrons. The number of rotatable bonds is 3. The van der Waals surface area contributed by atoms with Crippen LogP contribution in [0.5, 0.6) is 0 Å². The van der Waals surface area contributed by atoms with E-state index in [-0.39, 0.29) is 0 Å². The number of benzene rings is 1. The lowest BCUT2D eigenvalue weighted by Gasteiger charge is -2.18. The van der Waals surface area contributed by atoms with Gasteiger partial charge in [0.05, 0.1) is 5.69 Å². The van der Waals surface area contributed by atoms with E-state index in [1.54, 1.807) is 0 Å². The summed E-state index contributed by atoms with van der Waals surface area (Å²) in [6.45, 7) is 3.98. The quantitative estimate of drug-likeness (QED) is 0.880. The Bertz CT molecular complexity index is 493. The normalized spacial score (nSPS) is 18.6. The molecule has 1 N–H and O–H groups in total. The minimum Gasteiger partial charge on any atom is -0.165 e. The lowest BCUT2D eigenvalue weighted by atomic mass is 10.0. The predicted octanol–water partition coefficient (Wildman–Crippen LogP) is 1.24. The Morgan fingerprint density at radius 3 is 2.24 bits per heavy atom. The minimum absolute atomic E-state index is 0.693. The van der Waals surface area contributed by atoms with E-state index in [0.29, 0.717) is 5.69 Å². The van der Waals surface area contributed by atoms with Crippen LogP contribution in [0.3, 0.4) is 0 Å². The number of anilines is 1. The summed E-state index contributed by atoms with van der Waals surface area (Å²) in [4.78, 5) is 0. The van der Waals surface area contributed by atoms with Gasteiger partial charge >= 0.3 is 10.4 Å². The van der Waals surface area contributed by atoms with Gasteiger partial charge in [-0.2, -0.15) is 8.42 Å². The van der Waals surface area contributed by atoms with Crippen molar-refractivity contribution >= 4 is 16.1 Å². The van der Waals surface area contributed by atoms with E-state index in [4.69, 9.17) is 4.28 Å². The van der Waals surface area contributed by atoms with Gasteiger partial charge in [-0.15, -0.1) is 13.7 Å². The molecular weight excluding hydrogens is 244 g/mol. The Kier molecular flexibility index (Phi) is 3.34. The molecule has 0 atom stereocenters. The molecule has 0 aromatic heterocycles. The maximum absolute atomic E-state index is 11.1. The first kappa shape index (κ1) is 12.3. The summed E-state index contributed by atoms with van der Waals surface area (Å²) in [7, 11) is -3.98. The topological polar surface area (TPSA) is 67.9 Å². The van der Waals surface area contributed by atoms with E-state index in [1.165, 1.54) is 0 Å². The summed E-state index contributed by atoms with van der Waals surface area (Å²) in [6.07, 6.45) is 1.54. The number of nitrogens with one attached hydrogen (secondary N) is 1. The lowest BCUT2D eigenvalue weighted by Crippen LogP contribution is -2.30.